The first-order valence-electron chi connectivity index (χ1n) is 5.23. The van der Waals surface area contributed by atoms with Crippen LogP contribution in [-0.4, -0.2) is 11.1 Å². The third kappa shape index (κ3) is 2.64. The van der Waals surface area contributed by atoms with Gasteiger partial charge in [0.15, 0.2) is 0 Å². The average molecular weight is 285 g/mol. The number of halogens is 1. The molecule has 2 nitrogen and oxygen atoms in total. The number of carboxylic acid groups (broad SMARTS) is 1. The van der Waals surface area contributed by atoms with Gasteiger partial charge in [-0.25, -0.2) is 0 Å². The fraction of sp³-hybridized carbons (Fsp3) is 0.462. The zero-order chi connectivity index (χ0) is 12.5. The lowest BCUT2D eigenvalue weighted by Crippen LogP contribution is -2.26. The van der Waals surface area contributed by atoms with Crippen LogP contribution in [0.3, 0.4) is 0 Å². The van der Waals surface area contributed by atoms with Crippen molar-refractivity contribution >= 4 is 21.9 Å². The van der Waals surface area contributed by atoms with Gasteiger partial charge >= 0.3 is 5.97 Å². The van der Waals surface area contributed by atoms with Crippen LogP contribution in [-0.2, 0) is 11.2 Å². The van der Waals surface area contributed by atoms with Gasteiger partial charge in [-0.15, -0.1) is 0 Å². The van der Waals surface area contributed by atoms with Crippen molar-refractivity contribution < 1.29 is 9.90 Å². The van der Waals surface area contributed by atoms with E-state index in [1.807, 2.05) is 26.0 Å². The second-order valence-corrected chi connectivity index (χ2v) is 5.69. The third-order valence-corrected chi connectivity index (χ3v) is 3.75. The van der Waals surface area contributed by atoms with E-state index < -0.39 is 11.4 Å². The Kier molecular flexibility index (Phi) is 3.79. The van der Waals surface area contributed by atoms with E-state index in [9.17, 15) is 4.79 Å². The van der Waals surface area contributed by atoms with Crippen LogP contribution in [0.1, 0.15) is 30.5 Å². The summed E-state index contributed by atoms with van der Waals surface area (Å²) in [7, 11) is 0. The van der Waals surface area contributed by atoms with Crippen molar-refractivity contribution in [2.24, 2.45) is 5.41 Å². The first-order valence-corrected chi connectivity index (χ1v) is 6.03. The van der Waals surface area contributed by atoms with Crippen molar-refractivity contribution in [1.82, 2.24) is 0 Å². The van der Waals surface area contributed by atoms with Crippen LogP contribution < -0.4 is 0 Å². The molecule has 0 aliphatic heterocycles. The summed E-state index contributed by atoms with van der Waals surface area (Å²) >= 11 is 3.49. The second kappa shape index (κ2) is 4.58. The largest absolute Gasteiger partial charge is 0.481 e. The third-order valence-electron chi connectivity index (χ3n) is 3.01. The highest BCUT2D eigenvalue weighted by Crippen LogP contribution is 2.30. The van der Waals surface area contributed by atoms with Gasteiger partial charge in [0.2, 0.25) is 0 Å². The highest BCUT2D eigenvalue weighted by Gasteiger charge is 2.28. The summed E-state index contributed by atoms with van der Waals surface area (Å²) < 4.78 is 0.991. The minimum absolute atomic E-state index is 0.538. The van der Waals surface area contributed by atoms with Crippen molar-refractivity contribution in [3.63, 3.8) is 0 Å². The van der Waals surface area contributed by atoms with Gasteiger partial charge in [0.1, 0.15) is 0 Å². The molecule has 1 aromatic carbocycles. The van der Waals surface area contributed by atoms with Crippen LogP contribution in [0.2, 0.25) is 0 Å². The van der Waals surface area contributed by atoms with Gasteiger partial charge < -0.3 is 5.11 Å². The molecule has 0 aliphatic rings. The Bertz CT molecular complexity index is 422. The summed E-state index contributed by atoms with van der Waals surface area (Å²) in [6.07, 6.45) is 0.538. The molecule has 16 heavy (non-hydrogen) atoms. The quantitative estimate of drug-likeness (QED) is 0.919. The summed E-state index contributed by atoms with van der Waals surface area (Å²) in [6.45, 7) is 7.58. The van der Waals surface area contributed by atoms with E-state index >= 15 is 0 Å². The van der Waals surface area contributed by atoms with Gasteiger partial charge in [-0.05, 0) is 56.9 Å². The Hall–Kier alpha value is -0.830. The van der Waals surface area contributed by atoms with Gasteiger partial charge in [-0.3, -0.25) is 4.79 Å². The van der Waals surface area contributed by atoms with Crippen LogP contribution in [0.25, 0.3) is 0 Å². The van der Waals surface area contributed by atoms with Crippen molar-refractivity contribution in [2.45, 2.75) is 34.1 Å². The predicted octanol–water partition coefficient (Wildman–Crippen LogP) is 3.72. The molecule has 0 aromatic heterocycles. The molecule has 3 heteroatoms. The van der Waals surface area contributed by atoms with Crippen molar-refractivity contribution in [3.8, 4) is 0 Å². The maximum Gasteiger partial charge on any atom is 0.309 e. The fourth-order valence-electron chi connectivity index (χ4n) is 1.58. The molecular formula is C13H17BrO2. The fourth-order valence-corrected chi connectivity index (χ4v) is 2.15. The number of carbonyl (C=O) groups is 1. The van der Waals surface area contributed by atoms with E-state index in [1.165, 1.54) is 11.1 Å². The molecule has 0 radical (unpaired) electrons. The van der Waals surface area contributed by atoms with Gasteiger partial charge in [0.05, 0.1) is 5.41 Å². The van der Waals surface area contributed by atoms with Crippen LogP contribution in [0.4, 0.5) is 0 Å². The molecule has 0 aliphatic carbocycles. The SMILES string of the molecule is Cc1ccc(Br)c(CC(C)(C)C(=O)O)c1C. The van der Waals surface area contributed by atoms with Gasteiger partial charge in [-0.2, -0.15) is 0 Å². The molecular weight excluding hydrogens is 268 g/mol. The first kappa shape index (κ1) is 13.2. The molecule has 0 saturated carbocycles. The minimum atomic E-state index is -0.764. The lowest BCUT2D eigenvalue weighted by molar-refractivity contribution is -0.146. The van der Waals surface area contributed by atoms with E-state index in [1.54, 1.807) is 13.8 Å². The topological polar surface area (TPSA) is 37.3 Å². The lowest BCUT2D eigenvalue weighted by Gasteiger charge is -2.22. The van der Waals surface area contributed by atoms with Crippen molar-refractivity contribution in [3.05, 3.63) is 33.3 Å². The molecule has 88 valence electrons. The van der Waals surface area contributed by atoms with Gasteiger partial charge in [0.25, 0.3) is 0 Å². The predicted molar refractivity (Wildman–Crippen MR) is 68.7 cm³/mol. The number of benzene rings is 1. The Labute approximate surface area is 105 Å². The molecule has 0 spiro atoms. The highest BCUT2D eigenvalue weighted by molar-refractivity contribution is 9.10. The smallest absolute Gasteiger partial charge is 0.309 e. The summed E-state index contributed by atoms with van der Waals surface area (Å²) in [5.41, 5.74) is 2.72. The lowest BCUT2D eigenvalue weighted by atomic mass is 9.84. The second-order valence-electron chi connectivity index (χ2n) is 4.83. The van der Waals surface area contributed by atoms with Gasteiger partial charge in [0, 0.05) is 4.47 Å². The molecule has 0 unspecified atom stereocenters. The van der Waals surface area contributed by atoms with E-state index in [4.69, 9.17) is 5.11 Å². The van der Waals surface area contributed by atoms with E-state index in [2.05, 4.69) is 15.9 Å². The van der Waals surface area contributed by atoms with Crippen LogP contribution in [0.5, 0.6) is 0 Å². The first-order chi connectivity index (χ1) is 7.25. The zero-order valence-electron chi connectivity index (χ0n) is 10.1. The Morgan fingerprint density at radius 3 is 2.44 bits per heavy atom. The molecule has 0 amide bonds. The van der Waals surface area contributed by atoms with E-state index in [0.717, 1.165) is 10.0 Å². The highest BCUT2D eigenvalue weighted by atomic mass is 79.9. The number of carboxylic acids is 1. The zero-order valence-corrected chi connectivity index (χ0v) is 11.7. The van der Waals surface area contributed by atoms with E-state index in [0.29, 0.717) is 6.42 Å². The number of aryl methyl sites for hydroxylation is 1. The van der Waals surface area contributed by atoms with Crippen LogP contribution in [0.15, 0.2) is 16.6 Å². The Balaban J connectivity index is 3.15. The van der Waals surface area contributed by atoms with Gasteiger partial charge in [-0.1, -0.05) is 22.0 Å². The minimum Gasteiger partial charge on any atom is -0.481 e. The monoisotopic (exact) mass is 284 g/mol. The Morgan fingerprint density at radius 1 is 1.38 bits per heavy atom. The summed E-state index contributed by atoms with van der Waals surface area (Å²) in [4.78, 5) is 11.1. The summed E-state index contributed by atoms with van der Waals surface area (Å²) in [5, 5.41) is 9.14. The number of aliphatic carboxylic acids is 1. The molecule has 0 heterocycles. The normalized spacial score (nSPS) is 11.6. The maximum absolute atomic E-state index is 11.1. The number of hydrogen-bond acceptors (Lipinski definition) is 1. The van der Waals surface area contributed by atoms with Crippen molar-refractivity contribution in [2.75, 3.05) is 0 Å². The molecule has 0 saturated heterocycles. The molecule has 1 rings (SSSR count). The summed E-state index contributed by atoms with van der Waals surface area (Å²) in [5.74, 6) is -0.764. The number of hydrogen-bond donors (Lipinski definition) is 1. The molecule has 0 bridgehead atoms. The molecule has 1 N–H and O–H groups in total. The van der Waals surface area contributed by atoms with E-state index in [-0.39, 0.29) is 0 Å². The standard InChI is InChI=1S/C13H17BrO2/c1-8-5-6-11(14)10(9(8)2)7-13(3,4)12(15)16/h5-6H,7H2,1-4H3,(H,15,16). The summed E-state index contributed by atoms with van der Waals surface area (Å²) in [6, 6.07) is 4.02. The van der Waals surface area contributed by atoms with Crippen molar-refractivity contribution in [1.29, 1.82) is 0 Å². The Morgan fingerprint density at radius 2 is 1.94 bits per heavy atom. The van der Waals surface area contributed by atoms with Crippen LogP contribution in [0, 0.1) is 19.3 Å². The molecule has 0 fully saturated rings. The molecule has 1 aromatic rings. The average Bonchev–Trinajstić information content (AvgIpc) is 2.18. The molecule has 0 atom stereocenters. The number of rotatable bonds is 3. The maximum atomic E-state index is 11.1. The van der Waals surface area contributed by atoms with Crippen LogP contribution >= 0.6 is 15.9 Å².